The standard InChI is InChI=1S/C12H20N2O4/c15-11(16)9-3-1-2-4-10(9)13-12(17)14-5-7-18-8-6-14/h9-10H,1-8H2,(H,13,17)(H,15,16). The summed E-state index contributed by atoms with van der Waals surface area (Å²) in [5.41, 5.74) is 0. The number of carboxylic acid groups (broad SMARTS) is 1. The molecule has 1 aliphatic heterocycles. The summed E-state index contributed by atoms with van der Waals surface area (Å²) in [6.45, 7) is 2.27. The number of aliphatic carboxylic acids is 1. The first-order chi connectivity index (χ1) is 8.68. The van der Waals surface area contributed by atoms with Gasteiger partial charge in [-0.3, -0.25) is 4.79 Å². The molecule has 0 radical (unpaired) electrons. The van der Waals surface area contributed by atoms with Crippen molar-refractivity contribution in [2.45, 2.75) is 31.7 Å². The molecule has 2 unspecified atom stereocenters. The molecule has 2 rings (SSSR count). The van der Waals surface area contributed by atoms with Gasteiger partial charge < -0.3 is 20.1 Å². The predicted molar refractivity (Wildman–Crippen MR) is 64.3 cm³/mol. The largest absolute Gasteiger partial charge is 0.481 e. The summed E-state index contributed by atoms with van der Waals surface area (Å²) in [4.78, 5) is 24.8. The molecule has 0 bridgehead atoms. The normalized spacial score (nSPS) is 28.8. The van der Waals surface area contributed by atoms with Crippen LogP contribution >= 0.6 is 0 Å². The Morgan fingerprint density at radius 2 is 1.83 bits per heavy atom. The van der Waals surface area contributed by atoms with Crippen molar-refractivity contribution >= 4 is 12.0 Å². The molecule has 0 aromatic rings. The number of nitrogens with zero attached hydrogens (tertiary/aromatic N) is 1. The van der Waals surface area contributed by atoms with E-state index >= 15 is 0 Å². The third kappa shape index (κ3) is 3.13. The first kappa shape index (κ1) is 13.1. The summed E-state index contributed by atoms with van der Waals surface area (Å²) in [7, 11) is 0. The van der Waals surface area contributed by atoms with Gasteiger partial charge in [0.15, 0.2) is 0 Å². The molecular weight excluding hydrogens is 236 g/mol. The van der Waals surface area contributed by atoms with Crippen LogP contribution in [0.3, 0.4) is 0 Å². The van der Waals surface area contributed by atoms with Gasteiger partial charge >= 0.3 is 12.0 Å². The topological polar surface area (TPSA) is 78.9 Å². The molecule has 0 aromatic carbocycles. The van der Waals surface area contributed by atoms with Crippen molar-refractivity contribution in [3.63, 3.8) is 0 Å². The maximum atomic E-state index is 12.0. The molecule has 1 saturated heterocycles. The number of carbonyl (C=O) groups excluding carboxylic acids is 1. The number of amides is 2. The molecule has 1 aliphatic carbocycles. The highest BCUT2D eigenvalue weighted by atomic mass is 16.5. The number of rotatable bonds is 2. The Kier molecular flexibility index (Phi) is 4.41. The molecule has 1 saturated carbocycles. The van der Waals surface area contributed by atoms with Gasteiger partial charge in [0.25, 0.3) is 0 Å². The molecule has 2 amide bonds. The molecular formula is C12H20N2O4. The quantitative estimate of drug-likeness (QED) is 0.761. The van der Waals surface area contributed by atoms with Crippen molar-refractivity contribution in [3.05, 3.63) is 0 Å². The van der Waals surface area contributed by atoms with Crippen LogP contribution in [-0.2, 0) is 9.53 Å². The first-order valence-electron chi connectivity index (χ1n) is 6.54. The lowest BCUT2D eigenvalue weighted by Gasteiger charge is -2.33. The molecule has 2 aliphatic rings. The van der Waals surface area contributed by atoms with Gasteiger partial charge in [0.2, 0.25) is 0 Å². The van der Waals surface area contributed by atoms with E-state index in [2.05, 4.69) is 5.32 Å². The van der Waals surface area contributed by atoms with Crippen LogP contribution in [0.25, 0.3) is 0 Å². The van der Waals surface area contributed by atoms with Gasteiger partial charge in [0.1, 0.15) is 0 Å². The van der Waals surface area contributed by atoms with E-state index in [1.54, 1.807) is 4.90 Å². The van der Waals surface area contributed by atoms with Gasteiger partial charge in [-0.1, -0.05) is 12.8 Å². The number of nitrogens with one attached hydrogen (secondary N) is 1. The van der Waals surface area contributed by atoms with E-state index in [1.165, 1.54) is 0 Å². The molecule has 0 spiro atoms. The average Bonchev–Trinajstić information content (AvgIpc) is 2.40. The zero-order valence-electron chi connectivity index (χ0n) is 10.4. The van der Waals surface area contributed by atoms with Gasteiger partial charge in [0.05, 0.1) is 19.1 Å². The van der Waals surface area contributed by atoms with Crippen LogP contribution in [-0.4, -0.2) is 54.4 Å². The van der Waals surface area contributed by atoms with Gasteiger partial charge in [-0.2, -0.15) is 0 Å². The van der Waals surface area contributed by atoms with Gasteiger partial charge in [-0.25, -0.2) is 4.79 Å². The second-order valence-corrected chi connectivity index (χ2v) is 4.88. The minimum atomic E-state index is -0.804. The summed E-state index contributed by atoms with van der Waals surface area (Å²) in [6.07, 6.45) is 3.33. The third-order valence-corrected chi connectivity index (χ3v) is 3.69. The Labute approximate surface area is 106 Å². The highest BCUT2D eigenvalue weighted by Crippen LogP contribution is 2.24. The van der Waals surface area contributed by atoms with Crippen LogP contribution in [0.1, 0.15) is 25.7 Å². The number of hydrogen-bond acceptors (Lipinski definition) is 3. The van der Waals surface area contributed by atoms with Crippen LogP contribution < -0.4 is 5.32 Å². The first-order valence-corrected chi connectivity index (χ1v) is 6.54. The molecule has 18 heavy (non-hydrogen) atoms. The Balaban J connectivity index is 1.89. The number of urea groups is 1. The lowest BCUT2D eigenvalue weighted by Crippen LogP contribution is -2.52. The molecule has 6 nitrogen and oxygen atoms in total. The maximum Gasteiger partial charge on any atom is 0.317 e. The predicted octanol–water partition coefficient (Wildman–Crippen LogP) is 0.672. The minimum Gasteiger partial charge on any atom is -0.481 e. The molecule has 1 heterocycles. The van der Waals surface area contributed by atoms with Crippen LogP contribution in [0.5, 0.6) is 0 Å². The molecule has 2 atom stereocenters. The van der Waals surface area contributed by atoms with Crippen LogP contribution in [0.15, 0.2) is 0 Å². The molecule has 6 heteroatoms. The number of ether oxygens (including phenoxy) is 1. The van der Waals surface area contributed by atoms with E-state index in [-0.39, 0.29) is 12.1 Å². The summed E-state index contributed by atoms with van der Waals surface area (Å²) in [5, 5.41) is 12.0. The number of hydrogen-bond donors (Lipinski definition) is 2. The van der Waals surface area contributed by atoms with Gasteiger partial charge in [-0.15, -0.1) is 0 Å². The zero-order valence-corrected chi connectivity index (χ0v) is 10.4. The van der Waals surface area contributed by atoms with E-state index in [0.29, 0.717) is 32.7 Å². The number of carboxylic acids is 1. The fourth-order valence-corrected chi connectivity index (χ4v) is 2.62. The Hall–Kier alpha value is -1.30. The molecule has 2 fully saturated rings. The monoisotopic (exact) mass is 256 g/mol. The van der Waals surface area contributed by atoms with Crippen molar-refractivity contribution in [1.82, 2.24) is 10.2 Å². The Bertz CT molecular complexity index is 315. The van der Waals surface area contributed by atoms with Crippen molar-refractivity contribution < 1.29 is 19.4 Å². The Morgan fingerprint density at radius 1 is 1.17 bits per heavy atom. The van der Waals surface area contributed by atoms with Crippen LogP contribution in [0.2, 0.25) is 0 Å². The van der Waals surface area contributed by atoms with E-state index in [4.69, 9.17) is 9.84 Å². The van der Waals surface area contributed by atoms with E-state index in [9.17, 15) is 9.59 Å². The molecule has 2 N–H and O–H groups in total. The average molecular weight is 256 g/mol. The Morgan fingerprint density at radius 3 is 2.50 bits per heavy atom. The lowest BCUT2D eigenvalue weighted by molar-refractivity contribution is -0.143. The summed E-state index contributed by atoms with van der Waals surface area (Å²) in [5.74, 6) is -1.24. The zero-order chi connectivity index (χ0) is 13.0. The van der Waals surface area contributed by atoms with Crippen LogP contribution in [0.4, 0.5) is 4.79 Å². The second kappa shape index (κ2) is 6.04. The third-order valence-electron chi connectivity index (χ3n) is 3.69. The van der Waals surface area contributed by atoms with Crippen molar-refractivity contribution in [1.29, 1.82) is 0 Å². The van der Waals surface area contributed by atoms with Gasteiger partial charge in [-0.05, 0) is 12.8 Å². The van der Waals surface area contributed by atoms with E-state index < -0.39 is 11.9 Å². The fourth-order valence-electron chi connectivity index (χ4n) is 2.62. The van der Waals surface area contributed by atoms with Gasteiger partial charge in [0, 0.05) is 19.1 Å². The highest BCUT2D eigenvalue weighted by molar-refractivity contribution is 5.77. The van der Waals surface area contributed by atoms with Crippen molar-refractivity contribution in [2.75, 3.05) is 26.3 Å². The fraction of sp³-hybridized carbons (Fsp3) is 0.833. The SMILES string of the molecule is O=C(O)C1CCCCC1NC(=O)N1CCOCC1. The van der Waals surface area contributed by atoms with E-state index in [0.717, 1.165) is 19.3 Å². The van der Waals surface area contributed by atoms with E-state index in [1.807, 2.05) is 0 Å². The van der Waals surface area contributed by atoms with Crippen LogP contribution in [0, 0.1) is 5.92 Å². The smallest absolute Gasteiger partial charge is 0.317 e. The highest BCUT2D eigenvalue weighted by Gasteiger charge is 2.32. The van der Waals surface area contributed by atoms with Crippen molar-refractivity contribution in [3.8, 4) is 0 Å². The maximum absolute atomic E-state index is 12.0. The summed E-state index contributed by atoms with van der Waals surface area (Å²) >= 11 is 0. The number of carbonyl (C=O) groups is 2. The minimum absolute atomic E-state index is 0.156. The number of morpholine rings is 1. The van der Waals surface area contributed by atoms with Crippen molar-refractivity contribution in [2.24, 2.45) is 5.92 Å². The molecule has 102 valence electrons. The second-order valence-electron chi connectivity index (χ2n) is 4.88. The lowest BCUT2D eigenvalue weighted by atomic mass is 9.84. The summed E-state index contributed by atoms with van der Waals surface area (Å²) in [6, 6.07) is -0.386. The summed E-state index contributed by atoms with van der Waals surface area (Å²) < 4.78 is 5.18. The molecule has 0 aromatic heterocycles.